The van der Waals surface area contributed by atoms with Crippen molar-refractivity contribution in [3.8, 4) is 0 Å². The van der Waals surface area contributed by atoms with Gasteiger partial charge in [-0.3, -0.25) is 9.97 Å². The van der Waals surface area contributed by atoms with Crippen LogP contribution in [0.25, 0.3) is 0 Å². The zero-order chi connectivity index (χ0) is 10.7. The summed E-state index contributed by atoms with van der Waals surface area (Å²) in [6.07, 6.45) is 5.01. The lowest BCUT2D eigenvalue weighted by atomic mass is 10.1. The fraction of sp³-hybridized carbons (Fsp3) is 0.600. The van der Waals surface area contributed by atoms with Gasteiger partial charge in [-0.05, 0) is 7.05 Å². The first-order valence-electron chi connectivity index (χ1n) is 5.09. The van der Waals surface area contributed by atoms with Crippen molar-refractivity contribution in [2.24, 2.45) is 5.73 Å². The molecule has 2 N–H and O–H groups in total. The molecule has 2 rings (SSSR count). The Hall–Kier alpha value is -1.04. The summed E-state index contributed by atoms with van der Waals surface area (Å²) in [7, 11) is 2.07. The first kappa shape index (κ1) is 10.5. The van der Waals surface area contributed by atoms with E-state index >= 15 is 0 Å². The Morgan fingerprint density at radius 2 is 2.47 bits per heavy atom. The molecule has 0 aromatic carbocycles. The second-order valence-corrected chi connectivity index (χ2v) is 3.83. The predicted molar refractivity (Wildman–Crippen MR) is 56.2 cm³/mol. The minimum absolute atomic E-state index is 0.0143. The van der Waals surface area contributed by atoms with Gasteiger partial charge in [0, 0.05) is 25.5 Å². The van der Waals surface area contributed by atoms with Crippen LogP contribution < -0.4 is 5.73 Å². The van der Waals surface area contributed by atoms with Gasteiger partial charge < -0.3 is 15.4 Å². The third-order valence-corrected chi connectivity index (χ3v) is 2.62. The molecule has 1 aliphatic heterocycles. The van der Waals surface area contributed by atoms with Crippen LogP contribution in [0.2, 0.25) is 0 Å². The number of rotatable bonds is 2. The highest BCUT2D eigenvalue weighted by Gasteiger charge is 2.25. The average Bonchev–Trinajstić information content (AvgIpc) is 2.29. The van der Waals surface area contributed by atoms with Crippen molar-refractivity contribution in [3.05, 3.63) is 24.3 Å². The van der Waals surface area contributed by atoms with Crippen LogP contribution in [0.15, 0.2) is 18.6 Å². The number of hydrogen-bond acceptors (Lipinski definition) is 5. The summed E-state index contributed by atoms with van der Waals surface area (Å²) >= 11 is 0. The maximum atomic E-state index is 6.08. The van der Waals surface area contributed by atoms with Crippen molar-refractivity contribution in [3.63, 3.8) is 0 Å². The molecule has 5 heteroatoms. The van der Waals surface area contributed by atoms with Crippen molar-refractivity contribution in [1.29, 1.82) is 0 Å². The number of morpholine rings is 1. The molecule has 0 spiro atoms. The molecular weight excluding hydrogens is 192 g/mol. The molecule has 0 bridgehead atoms. The zero-order valence-corrected chi connectivity index (χ0v) is 8.84. The molecule has 0 amide bonds. The Morgan fingerprint density at radius 1 is 1.60 bits per heavy atom. The van der Waals surface area contributed by atoms with Crippen LogP contribution in [0, 0.1) is 0 Å². The summed E-state index contributed by atoms with van der Waals surface area (Å²) in [6, 6.07) is -0.193. The van der Waals surface area contributed by atoms with Gasteiger partial charge in [-0.25, -0.2) is 0 Å². The summed E-state index contributed by atoms with van der Waals surface area (Å²) in [4.78, 5) is 10.4. The second kappa shape index (κ2) is 4.65. The standard InChI is InChI=1S/C10H16N4O/c1-14-4-5-15-9(7-14)10(11)8-6-12-2-3-13-8/h2-3,6,9-10H,4-5,7,11H2,1H3. The van der Waals surface area contributed by atoms with E-state index in [-0.39, 0.29) is 12.1 Å². The van der Waals surface area contributed by atoms with E-state index in [2.05, 4.69) is 21.9 Å². The summed E-state index contributed by atoms with van der Waals surface area (Å²) in [5.74, 6) is 0. The molecule has 0 saturated carbocycles. The Morgan fingerprint density at radius 3 is 3.13 bits per heavy atom. The number of hydrogen-bond donors (Lipinski definition) is 1. The fourth-order valence-electron chi connectivity index (χ4n) is 1.70. The highest BCUT2D eigenvalue weighted by Crippen LogP contribution is 2.16. The van der Waals surface area contributed by atoms with Gasteiger partial charge >= 0.3 is 0 Å². The first-order chi connectivity index (χ1) is 7.27. The third kappa shape index (κ3) is 2.50. The molecule has 1 fully saturated rings. The number of ether oxygens (including phenoxy) is 1. The van der Waals surface area contributed by atoms with Gasteiger partial charge in [-0.2, -0.15) is 0 Å². The van der Waals surface area contributed by atoms with Crippen molar-refractivity contribution >= 4 is 0 Å². The van der Waals surface area contributed by atoms with Gasteiger partial charge in [0.2, 0.25) is 0 Å². The fourth-order valence-corrected chi connectivity index (χ4v) is 1.70. The predicted octanol–water partition coefficient (Wildman–Crippen LogP) is -0.193. The van der Waals surface area contributed by atoms with Crippen LogP contribution in [0.5, 0.6) is 0 Å². The van der Waals surface area contributed by atoms with Crippen LogP contribution in [-0.2, 0) is 4.74 Å². The Kier molecular flexibility index (Phi) is 3.25. The van der Waals surface area contributed by atoms with E-state index in [4.69, 9.17) is 10.5 Å². The second-order valence-electron chi connectivity index (χ2n) is 3.83. The van der Waals surface area contributed by atoms with Gasteiger partial charge in [0.15, 0.2) is 0 Å². The lowest BCUT2D eigenvalue weighted by Crippen LogP contribution is -2.45. The number of nitrogens with two attached hydrogens (primary N) is 1. The Bertz CT molecular complexity index is 306. The lowest BCUT2D eigenvalue weighted by molar-refractivity contribution is -0.0333. The molecule has 1 aliphatic rings. The highest BCUT2D eigenvalue weighted by atomic mass is 16.5. The first-order valence-corrected chi connectivity index (χ1v) is 5.09. The van der Waals surface area contributed by atoms with Gasteiger partial charge in [0.05, 0.1) is 30.6 Å². The maximum Gasteiger partial charge on any atom is 0.0910 e. The molecule has 15 heavy (non-hydrogen) atoms. The van der Waals surface area contributed by atoms with Gasteiger partial charge in [-0.15, -0.1) is 0 Å². The lowest BCUT2D eigenvalue weighted by Gasteiger charge is -2.33. The van der Waals surface area contributed by atoms with Crippen LogP contribution in [0.3, 0.4) is 0 Å². The molecule has 0 radical (unpaired) electrons. The van der Waals surface area contributed by atoms with E-state index in [1.54, 1.807) is 18.6 Å². The topological polar surface area (TPSA) is 64.3 Å². The molecular formula is C10H16N4O. The van der Waals surface area contributed by atoms with Gasteiger partial charge in [0.1, 0.15) is 0 Å². The normalized spacial score (nSPS) is 25.1. The molecule has 2 unspecified atom stereocenters. The maximum absolute atomic E-state index is 6.08. The zero-order valence-electron chi connectivity index (χ0n) is 8.84. The van der Waals surface area contributed by atoms with Crippen LogP contribution in [-0.4, -0.2) is 47.7 Å². The van der Waals surface area contributed by atoms with E-state index in [1.807, 2.05) is 0 Å². The van der Waals surface area contributed by atoms with E-state index in [0.29, 0.717) is 0 Å². The third-order valence-electron chi connectivity index (χ3n) is 2.62. The van der Waals surface area contributed by atoms with Crippen molar-refractivity contribution in [2.75, 3.05) is 26.7 Å². The SMILES string of the molecule is CN1CCOC(C(N)c2cnccn2)C1. The molecule has 2 heterocycles. The number of likely N-dealkylation sites (N-methyl/N-ethyl adjacent to an activating group) is 1. The van der Waals surface area contributed by atoms with Gasteiger partial charge in [-0.1, -0.05) is 0 Å². The summed E-state index contributed by atoms with van der Waals surface area (Å²) in [5, 5.41) is 0. The quantitative estimate of drug-likeness (QED) is 0.729. The largest absolute Gasteiger partial charge is 0.374 e. The molecule has 82 valence electrons. The van der Waals surface area contributed by atoms with Crippen molar-refractivity contribution in [2.45, 2.75) is 12.1 Å². The summed E-state index contributed by atoms with van der Waals surface area (Å²) in [6.45, 7) is 2.54. The smallest absolute Gasteiger partial charge is 0.0910 e. The molecule has 5 nitrogen and oxygen atoms in total. The molecule has 1 saturated heterocycles. The highest BCUT2D eigenvalue weighted by molar-refractivity contribution is 5.04. The minimum atomic E-state index is -0.193. The average molecular weight is 208 g/mol. The summed E-state index contributed by atoms with van der Waals surface area (Å²) < 4.78 is 5.63. The van der Waals surface area contributed by atoms with E-state index in [9.17, 15) is 0 Å². The van der Waals surface area contributed by atoms with E-state index in [1.165, 1.54) is 0 Å². The van der Waals surface area contributed by atoms with E-state index < -0.39 is 0 Å². The van der Waals surface area contributed by atoms with Crippen LogP contribution >= 0.6 is 0 Å². The van der Waals surface area contributed by atoms with Gasteiger partial charge in [0.25, 0.3) is 0 Å². The summed E-state index contributed by atoms with van der Waals surface area (Å²) in [5.41, 5.74) is 6.87. The minimum Gasteiger partial charge on any atom is -0.374 e. The number of aromatic nitrogens is 2. The Labute approximate surface area is 89.3 Å². The molecule has 2 atom stereocenters. The van der Waals surface area contributed by atoms with Crippen LogP contribution in [0.1, 0.15) is 11.7 Å². The van der Waals surface area contributed by atoms with Crippen molar-refractivity contribution < 1.29 is 4.74 Å². The molecule has 1 aromatic rings. The molecule has 0 aliphatic carbocycles. The Balaban J connectivity index is 2.04. The molecule has 1 aromatic heterocycles. The van der Waals surface area contributed by atoms with Crippen molar-refractivity contribution in [1.82, 2.24) is 14.9 Å². The monoisotopic (exact) mass is 208 g/mol. The number of nitrogens with zero attached hydrogens (tertiary/aromatic N) is 3. The van der Waals surface area contributed by atoms with Crippen LogP contribution in [0.4, 0.5) is 0 Å². The van der Waals surface area contributed by atoms with E-state index in [0.717, 1.165) is 25.4 Å².